The topological polar surface area (TPSA) is 75.9 Å². The molecule has 4 rings (SSSR count). The first-order chi connectivity index (χ1) is 13.4. The maximum atomic E-state index is 13.9. The molecule has 0 bridgehead atoms. The molecule has 8 heteroatoms. The molecule has 0 radical (unpaired) electrons. The van der Waals surface area contributed by atoms with Crippen molar-refractivity contribution in [3.05, 3.63) is 35.6 Å². The number of likely N-dealkylation sites (tertiary alicyclic amines) is 2. The molecule has 2 saturated heterocycles. The summed E-state index contributed by atoms with van der Waals surface area (Å²) in [7, 11) is 1.49. The Morgan fingerprint density at radius 1 is 1.24 bits per heavy atom. The van der Waals surface area contributed by atoms with Crippen molar-refractivity contribution in [3.63, 3.8) is 0 Å². The van der Waals surface area contributed by atoms with Gasteiger partial charge < -0.3 is 20.3 Å². The average Bonchev–Trinajstić information content (AvgIpc) is 3.35. The Bertz CT molecular complexity index is 771. The van der Waals surface area contributed by atoms with E-state index in [1.54, 1.807) is 11.0 Å². The quantitative estimate of drug-likeness (QED) is 0.801. The molecule has 3 fully saturated rings. The number of benzene rings is 1. The number of amides is 2. The summed E-state index contributed by atoms with van der Waals surface area (Å²) in [5, 5.41) is 0. The second-order valence-electron chi connectivity index (χ2n) is 8.48. The van der Waals surface area contributed by atoms with E-state index >= 15 is 0 Å². The van der Waals surface area contributed by atoms with Crippen molar-refractivity contribution in [2.45, 2.75) is 37.3 Å². The molecule has 2 amide bonds. The second-order valence-corrected chi connectivity index (χ2v) is 8.48. The van der Waals surface area contributed by atoms with Crippen molar-refractivity contribution < 1.29 is 18.7 Å². The summed E-state index contributed by atoms with van der Waals surface area (Å²) in [6.07, 6.45) is 3.47. The fourth-order valence-corrected chi connectivity index (χ4v) is 5.33. The van der Waals surface area contributed by atoms with Gasteiger partial charge in [0.1, 0.15) is 12.4 Å². The summed E-state index contributed by atoms with van der Waals surface area (Å²) >= 11 is 0. The molecule has 2 heterocycles. The third kappa shape index (κ3) is 4.00. The Morgan fingerprint density at radius 2 is 1.97 bits per heavy atom. The molecule has 0 spiro atoms. The summed E-state index contributed by atoms with van der Waals surface area (Å²) < 4.78 is 18.9. The predicted octanol–water partition coefficient (Wildman–Crippen LogP) is 2.12. The first-order valence-corrected chi connectivity index (χ1v) is 10.0. The van der Waals surface area contributed by atoms with Gasteiger partial charge in [0.25, 0.3) is 0 Å². The molecule has 1 aromatic rings. The first kappa shape index (κ1) is 22.0. The van der Waals surface area contributed by atoms with Gasteiger partial charge in [-0.2, -0.15) is 0 Å². The predicted molar refractivity (Wildman–Crippen MR) is 109 cm³/mol. The number of carbonyl (C=O) groups excluding carboxylic acids is 2. The van der Waals surface area contributed by atoms with Crippen LogP contribution in [0.3, 0.4) is 0 Å². The number of hydrogen-bond acceptors (Lipinski definition) is 4. The van der Waals surface area contributed by atoms with E-state index in [0.29, 0.717) is 19.6 Å². The van der Waals surface area contributed by atoms with E-state index in [2.05, 4.69) is 0 Å². The Hall–Kier alpha value is -1.70. The van der Waals surface area contributed by atoms with Crippen LogP contribution in [0, 0.1) is 17.7 Å². The van der Waals surface area contributed by atoms with Gasteiger partial charge in [-0.1, -0.05) is 25.0 Å². The van der Waals surface area contributed by atoms with Gasteiger partial charge in [-0.05, 0) is 30.5 Å². The van der Waals surface area contributed by atoms with E-state index in [1.165, 1.54) is 19.2 Å². The minimum absolute atomic E-state index is 0. The molecule has 2 N–H and O–H groups in total. The average molecular weight is 426 g/mol. The van der Waals surface area contributed by atoms with Crippen LogP contribution in [0.2, 0.25) is 0 Å². The van der Waals surface area contributed by atoms with Gasteiger partial charge in [0.2, 0.25) is 11.8 Å². The van der Waals surface area contributed by atoms with Crippen molar-refractivity contribution in [1.29, 1.82) is 0 Å². The van der Waals surface area contributed by atoms with Gasteiger partial charge in [-0.25, -0.2) is 4.39 Å². The van der Waals surface area contributed by atoms with Gasteiger partial charge in [-0.15, -0.1) is 12.4 Å². The molecule has 2 aliphatic heterocycles. The van der Waals surface area contributed by atoms with Crippen LogP contribution in [0.1, 0.15) is 37.3 Å². The highest BCUT2D eigenvalue weighted by Gasteiger charge is 2.52. The van der Waals surface area contributed by atoms with Crippen LogP contribution in [-0.2, 0) is 14.3 Å². The number of hydrogen-bond donors (Lipinski definition) is 1. The van der Waals surface area contributed by atoms with Crippen molar-refractivity contribution in [3.8, 4) is 0 Å². The molecule has 1 saturated carbocycles. The van der Waals surface area contributed by atoms with E-state index < -0.39 is 5.54 Å². The van der Waals surface area contributed by atoms with Gasteiger partial charge in [0, 0.05) is 38.6 Å². The number of nitrogens with zero attached hydrogens (tertiary/aromatic N) is 2. The van der Waals surface area contributed by atoms with Crippen LogP contribution < -0.4 is 5.73 Å². The van der Waals surface area contributed by atoms with Crippen LogP contribution in [0.15, 0.2) is 24.3 Å². The minimum atomic E-state index is -0.738. The van der Waals surface area contributed by atoms with Crippen molar-refractivity contribution in [2.24, 2.45) is 17.6 Å². The van der Waals surface area contributed by atoms with Crippen LogP contribution in [0.25, 0.3) is 0 Å². The molecular formula is C21H29ClFN3O3. The molecule has 160 valence electrons. The highest BCUT2D eigenvalue weighted by molar-refractivity contribution is 5.87. The third-order valence-corrected chi connectivity index (χ3v) is 6.65. The van der Waals surface area contributed by atoms with E-state index in [0.717, 1.165) is 31.2 Å². The first-order valence-electron chi connectivity index (χ1n) is 10.0. The Kier molecular flexibility index (Phi) is 6.51. The number of methoxy groups -OCH3 is 1. The van der Waals surface area contributed by atoms with Gasteiger partial charge in [0.15, 0.2) is 0 Å². The molecule has 0 aromatic heterocycles. The third-order valence-electron chi connectivity index (χ3n) is 6.65. The summed E-state index contributed by atoms with van der Waals surface area (Å²) in [4.78, 5) is 29.4. The molecule has 3 aliphatic rings. The van der Waals surface area contributed by atoms with E-state index in [9.17, 15) is 14.0 Å². The van der Waals surface area contributed by atoms with Gasteiger partial charge in [-0.3, -0.25) is 9.59 Å². The molecule has 29 heavy (non-hydrogen) atoms. The van der Waals surface area contributed by atoms with Crippen LogP contribution >= 0.6 is 12.4 Å². The number of ether oxygens (including phenoxy) is 1. The zero-order valence-electron chi connectivity index (χ0n) is 16.7. The van der Waals surface area contributed by atoms with E-state index in [-0.39, 0.29) is 54.5 Å². The molecule has 0 unspecified atom stereocenters. The molecule has 6 nitrogen and oxygen atoms in total. The lowest BCUT2D eigenvalue weighted by atomic mass is 9.89. The maximum Gasteiger partial charge on any atom is 0.249 e. The summed E-state index contributed by atoms with van der Waals surface area (Å²) in [6, 6.07) is 6.17. The zero-order chi connectivity index (χ0) is 19.9. The summed E-state index contributed by atoms with van der Waals surface area (Å²) in [5.74, 6) is -0.139. The fourth-order valence-electron chi connectivity index (χ4n) is 5.33. The van der Waals surface area contributed by atoms with E-state index in [1.807, 2.05) is 11.0 Å². The van der Waals surface area contributed by atoms with E-state index in [4.69, 9.17) is 10.5 Å². The minimum Gasteiger partial charge on any atom is -0.375 e. The Balaban J connectivity index is 0.00000240. The number of nitrogens with two attached hydrogens (primary N) is 1. The molecule has 1 aromatic carbocycles. The van der Waals surface area contributed by atoms with Gasteiger partial charge >= 0.3 is 0 Å². The van der Waals surface area contributed by atoms with Crippen LogP contribution in [0.5, 0.6) is 0 Å². The van der Waals surface area contributed by atoms with Crippen LogP contribution in [0.4, 0.5) is 4.39 Å². The molecule has 3 atom stereocenters. The zero-order valence-corrected chi connectivity index (χ0v) is 17.5. The Labute approximate surface area is 177 Å². The maximum absolute atomic E-state index is 13.9. The second kappa shape index (κ2) is 8.58. The summed E-state index contributed by atoms with van der Waals surface area (Å²) in [5.41, 5.74) is 6.43. The number of halogens is 2. The monoisotopic (exact) mass is 425 g/mol. The number of fused-ring (bicyclic) bond motifs is 1. The lowest BCUT2D eigenvalue weighted by Crippen LogP contribution is -2.53. The largest absolute Gasteiger partial charge is 0.375 e. The van der Waals surface area contributed by atoms with Crippen molar-refractivity contribution in [2.75, 3.05) is 33.4 Å². The highest BCUT2D eigenvalue weighted by Crippen LogP contribution is 2.46. The lowest BCUT2D eigenvalue weighted by Gasteiger charge is -2.32. The lowest BCUT2D eigenvalue weighted by molar-refractivity contribution is -0.138. The standard InChI is InChI=1S/C21H28FN3O3.ClH/c1-28-13-18(26)25-11-15-10-24(20(27)21(23)7-2-3-8-21)12-17(15)19(25)14-5-4-6-16(22)9-14;/h4-6,9,15,17,19H,2-3,7-8,10-13,23H2,1H3;1H/t15-,17-,19+;/m1./s1. The van der Waals surface area contributed by atoms with Crippen molar-refractivity contribution >= 4 is 24.2 Å². The Morgan fingerprint density at radius 3 is 2.62 bits per heavy atom. The number of carbonyl (C=O) groups is 2. The summed E-state index contributed by atoms with van der Waals surface area (Å²) in [6.45, 7) is 1.71. The highest BCUT2D eigenvalue weighted by atomic mass is 35.5. The number of rotatable bonds is 4. The smallest absolute Gasteiger partial charge is 0.249 e. The molecular weight excluding hydrogens is 397 g/mol. The SMILES string of the molecule is COCC(=O)N1C[C@H]2CN(C(=O)C3(N)CCCC3)C[C@H]2[C@@H]1c1cccc(F)c1.Cl. The fraction of sp³-hybridized carbons (Fsp3) is 0.619. The normalized spacial score (nSPS) is 27.6. The van der Waals surface area contributed by atoms with Crippen molar-refractivity contribution in [1.82, 2.24) is 9.80 Å². The van der Waals surface area contributed by atoms with Gasteiger partial charge in [0.05, 0.1) is 11.6 Å². The molecule has 1 aliphatic carbocycles. The van der Waals surface area contributed by atoms with Crippen LogP contribution in [-0.4, -0.2) is 60.5 Å².